The number of aliphatic hydroxyl groups excluding tert-OH is 5. The number of esters is 1. The van der Waals surface area contributed by atoms with Gasteiger partial charge in [0.05, 0.1) is 25.4 Å². The molecule has 8 atom stereocenters. The Labute approximate surface area is 507 Å². The van der Waals surface area contributed by atoms with Crippen molar-refractivity contribution in [1.29, 1.82) is 0 Å². The molecular formula is C72H125NO10. The molecule has 11 nitrogen and oxygen atoms in total. The van der Waals surface area contributed by atoms with Gasteiger partial charge in [-0.3, -0.25) is 9.59 Å². The average molecular weight is 1160 g/mol. The van der Waals surface area contributed by atoms with Crippen LogP contribution in [0.5, 0.6) is 0 Å². The van der Waals surface area contributed by atoms with E-state index in [1.807, 2.05) is 6.08 Å². The number of aliphatic hydroxyl groups is 5. The molecule has 6 N–H and O–H groups in total. The fourth-order valence-electron chi connectivity index (χ4n) is 10.1. The first-order valence-corrected chi connectivity index (χ1v) is 34.0. The Bertz CT molecular complexity index is 1720. The Morgan fingerprint density at radius 1 is 0.470 bits per heavy atom. The van der Waals surface area contributed by atoms with E-state index in [1.165, 1.54) is 135 Å². The summed E-state index contributed by atoms with van der Waals surface area (Å²) in [6.45, 7) is 5.72. The number of carbonyl (C=O) groups is 2. The van der Waals surface area contributed by atoms with Gasteiger partial charge in [0, 0.05) is 6.42 Å². The van der Waals surface area contributed by atoms with Crippen LogP contribution in [0.15, 0.2) is 97.2 Å². The fourth-order valence-corrected chi connectivity index (χ4v) is 10.1. The van der Waals surface area contributed by atoms with Gasteiger partial charge >= 0.3 is 5.97 Å². The lowest BCUT2D eigenvalue weighted by Crippen LogP contribution is -2.61. The average Bonchev–Trinajstić information content (AvgIpc) is 3.64. The number of carbonyl (C=O) groups excluding carboxylic acids is 2. The second-order valence-electron chi connectivity index (χ2n) is 23.2. The maximum absolute atomic E-state index is 13.4. The van der Waals surface area contributed by atoms with Crippen molar-refractivity contribution >= 4 is 11.9 Å². The fraction of sp³-hybridized carbons (Fsp3) is 0.750. The molecule has 0 spiro atoms. The molecule has 0 aromatic carbocycles. The summed E-state index contributed by atoms with van der Waals surface area (Å²) in [4.78, 5) is 26.6. The number of amides is 1. The molecule has 1 aliphatic rings. The van der Waals surface area contributed by atoms with Gasteiger partial charge in [-0.15, -0.1) is 0 Å². The Balaban J connectivity index is 2.60. The molecule has 1 heterocycles. The monoisotopic (exact) mass is 1160 g/mol. The molecule has 11 heteroatoms. The minimum atomic E-state index is -1.63. The molecule has 0 aliphatic carbocycles. The highest BCUT2D eigenvalue weighted by atomic mass is 16.7. The summed E-state index contributed by atoms with van der Waals surface area (Å²) in [5.74, 6) is -1.23. The molecule has 1 amide bonds. The van der Waals surface area contributed by atoms with Gasteiger partial charge in [-0.2, -0.15) is 0 Å². The van der Waals surface area contributed by atoms with Crippen LogP contribution in [0.3, 0.4) is 0 Å². The van der Waals surface area contributed by atoms with E-state index in [0.29, 0.717) is 12.8 Å². The van der Waals surface area contributed by atoms with E-state index in [4.69, 9.17) is 14.2 Å². The number of hydrogen-bond donors (Lipinski definition) is 6. The number of hydrogen-bond acceptors (Lipinski definition) is 10. The van der Waals surface area contributed by atoms with Crippen molar-refractivity contribution in [3.05, 3.63) is 97.2 Å². The first kappa shape index (κ1) is 77.6. The zero-order valence-corrected chi connectivity index (χ0v) is 53.0. The van der Waals surface area contributed by atoms with Crippen LogP contribution in [-0.4, -0.2) is 99.6 Å². The smallest absolute Gasteiger partial charge is 0.306 e. The third-order valence-corrected chi connectivity index (χ3v) is 15.5. The SMILES string of the molecule is CCCCC/C=C\C/C=C\C/C=C\C/C=C\CCCCC(O)C(=O)NC(COC1OC(CO)C(O)C(O)C1OC(=O)CCCCCCCCCCCCCC/C=C\C/C=C\C/C=C\CCCCC)C(O)/C=C/CCCCCCCCCCC. The second-order valence-corrected chi connectivity index (χ2v) is 23.2. The molecule has 0 aromatic heterocycles. The first-order valence-electron chi connectivity index (χ1n) is 34.0. The summed E-state index contributed by atoms with van der Waals surface area (Å²) in [6, 6.07) is -1.05. The highest BCUT2D eigenvalue weighted by molar-refractivity contribution is 5.80. The van der Waals surface area contributed by atoms with Crippen molar-refractivity contribution in [1.82, 2.24) is 5.32 Å². The Hall–Kier alpha value is -3.42. The lowest BCUT2D eigenvalue weighted by atomic mass is 9.99. The molecule has 0 saturated carbocycles. The van der Waals surface area contributed by atoms with E-state index in [1.54, 1.807) is 6.08 Å². The zero-order chi connectivity index (χ0) is 60.3. The van der Waals surface area contributed by atoms with Crippen molar-refractivity contribution in [2.24, 2.45) is 0 Å². The molecule has 478 valence electrons. The molecule has 8 unspecified atom stereocenters. The highest BCUT2D eigenvalue weighted by Gasteiger charge is 2.47. The van der Waals surface area contributed by atoms with Crippen LogP contribution >= 0.6 is 0 Å². The van der Waals surface area contributed by atoms with Gasteiger partial charge in [-0.1, -0.05) is 266 Å². The van der Waals surface area contributed by atoms with Gasteiger partial charge in [0.25, 0.3) is 0 Å². The van der Waals surface area contributed by atoms with E-state index in [-0.39, 0.29) is 19.4 Å². The molecule has 1 saturated heterocycles. The predicted molar refractivity (Wildman–Crippen MR) is 347 cm³/mol. The van der Waals surface area contributed by atoms with Crippen molar-refractivity contribution in [3.63, 3.8) is 0 Å². The van der Waals surface area contributed by atoms with E-state index in [0.717, 1.165) is 103 Å². The maximum atomic E-state index is 13.4. The van der Waals surface area contributed by atoms with Gasteiger partial charge in [-0.25, -0.2) is 0 Å². The van der Waals surface area contributed by atoms with Crippen LogP contribution in [0.1, 0.15) is 284 Å². The van der Waals surface area contributed by atoms with Crippen LogP contribution in [0.25, 0.3) is 0 Å². The van der Waals surface area contributed by atoms with Crippen molar-refractivity contribution in [3.8, 4) is 0 Å². The van der Waals surface area contributed by atoms with Gasteiger partial charge in [0.2, 0.25) is 5.91 Å². The van der Waals surface area contributed by atoms with Crippen LogP contribution in [0.4, 0.5) is 0 Å². The van der Waals surface area contributed by atoms with E-state index in [9.17, 15) is 35.1 Å². The summed E-state index contributed by atoms with van der Waals surface area (Å²) in [7, 11) is 0. The summed E-state index contributed by atoms with van der Waals surface area (Å²) >= 11 is 0. The summed E-state index contributed by atoms with van der Waals surface area (Å²) in [5, 5.41) is 57.1. The van der Waals surface area contributed by atoms with Gasteiger partial charge < -0.3 is 45.1 Å². The number of ether oxygens (including phenoxy) is 3. The number of rotatable bonds is 57. The normalized spacial score (nSPS) is 19.2. The van der Waals surface area contributed by atoms with Gasteiger partial charge in [0.15, 0.2) is 12.4 Å². The van der Waals surface area contributed by atoms with E-state index < -0.39 is 67.4 Å². The minimum absolute atomic E-state index is 0.113. The largest absolute Gasteiger partial charge is 0.454 e. The Morgan fingerprint density at radius 2 is 0.831 bits per heavy atom. The molecule has 83 heavy (non-hydrogen) atoms. The van der Waals surface area contributed by atoms with Crippen molar-refractivity contribution in [2.75, 3.05) is 13.2 Å². The summed E-state index contributed by atoms with van der Waals surface area (Å²) in [5.41, 5.74) is 0. The molecule has 1 rings (SSSR count). The molecular weight excluding hydrogens is 1040 g/mol. The molecule has 1 fully saturated rings. The minimum Gasteiger partial charge on any atom is -0.454 e. The Kier molecular flexibility index (Phi) is 55.1. The molecule has 0 bridgehead atoms. The predicted octanol–water partition coefficient (Wildman–Crippen LogP) is 17.1. The maximum Gasteiger partial charge on any atom is 0.306 e. The summed E-state index contributed by atoms with van der Waals surface area (Å²) < 4.78 is 17.6. The summed E-state index contributed by atoms with van der Waals surface area (Å²) in [6.07, 6.45) is 68.7. The van der Waals surface area contributed by atoms with Gasteiger partial charge in [0.1, 0.15) is 24.4 Å². The Morgan fingerprint density at radius 3 is 1.27 bits per heavy atom. The first-order chi connectivity index (χ1) is 40.7. The standard InChI is InChI=1S/C72H125NO10/c1-4-7-10-13-16-19-22-24-26-28-30-31-32-33-34-35-36-38-40-42-45-48-51-54-57-60-67(77)83-70-69(79)68(78)66(61-74)82-72(70)81-62-63(64(75)58-55-52-49-46-43-21-18-15-12-9-6-3)73-71(80)65(76)59-56-53-50-47-44-41-39-37-29-27-25-23-20-17-14-11-8-5-2/h16-17,19-20,24-27,30-31,37,39,44,47,55,58,63-66,68-70,72,74-76,78-79H,4-15,18,21-23,28-29,32-36,38,40-43,45-46,48-54,56-57,59-62H2,1-3H3,(H,73,80)/b19-16-,20-17-,26-24-,27-25-,31-30-,39-37-,47-44-,58-55+. The van der Waals surface area contributed by atoms with Gasteiger partial charge in [-0.05, 0) is 109 Å². The van der Waals surface area contributed by atoms with Crippen LogP contribution in [0.2, 0.25) is 0 Å². The second kappa shape index (κ2) is 58.9. The molecule has 1 aliphatic heterocycles. The zero-order valence-electron chi connectivity index (χ0n) is 53.0. The molecule has 0 aromatic rings. The molecule has 0 radical (unpaired) electrons. The van der Waals surface area contributed by atoms with Crippen molar-refractivity contribution in [2.45, 2.75) is 333 Å². The number of allylic oxidation sites excluding steroid dienone is 15. The number of nitrogens with one attached hydrogen (secondary N) is 1. The van der Waals surface area contributed by atoms with Crippen LogP contribution in [-0.2, 0) is 23.8 Å². The van der Waals surface area contributed by atoms with Crippen LogP contribution < -0.4 is 5.32 Å². The quantitative estimate of drug-likeness (QED) is 0.0195. The number of unbranched alkanes of at least 4 members (excludes halogenated alkanes) is 29. The topological polar surface area (TPSA) is 175 Å². The third-order valence-electron chi connectivity index (χ3n) is 15.5. The third kappa shape index (κ3) is 46.5. The lowest BCUT2D eigenvalue weighted by molar-refractivity contribution is -0.305. The highest BCUT2D eigenvalue weighted by Crippen LogP contribution is 2.26. The lowest BCUT2D eigenvalue weighted by Gasteiger charge is -2.41. The van der Waals surface area contributed by atoms with Crippen molar-refractivity contribution < 1.29 is 49.3 Å². The van der Waals surface area contributed by atoms with E-state index in [2.05, 4.69) is 111 Å². The van der Waals surface area contributed by atoms with E-state index >= 15 is 0 Å². The van der Waals surface area contributed by atoms with Crippen LogP contribution in [0, 0.1) is 0 Å².